The SMILES string of the molecule is CC(C)CN(C(=O)C1(C)COCC1N)C(C)C. The normalized spacial score (nSPS) is 29.1. The molecule has 1 aliphatic heterocycles. The molecule has 0 bridgehead atoms. The van der Waals surface area contributed by atoms with Crippen LogP contribution in [0.4, 0.5) is 0 Å². The van der Waals surface area contributed by atoms with Crippen LogP contribution in [0.15, 0.2) is 0 Å². The lowest BCUT2D eigenvalue weighted by molar-refractivity contribution is -0.144. The molecule has 0 aromatic heterocycles. The van der Waals surface area contributed by atoms with E-state index in [0.717, 1.165) is 6.54 Å². The molecule has 2 atom stereocenters. The van der Waals surface area contributed by atoms with Crippen LogP contribution in [0.25, 0.3) is 0 Å². The molecule has 1 aliphatic rings. The average Bonchev–Trinajstić information content (AvgIpc) is 2.55. The van der Waals surface area contributed by atoms with Gasteiger partial charge < -0.3 is 15.4 Å². The Morgan fingerprint density at radius 1 is 1.47 bits per heavy atom. The van der Waals surface area contributed by atoms with E-state index in [-0.39, 0.29) is 18.0 Å². The summed E-state index contributed by atoms with van der Waals surface area (Å²) in [4.78, 5) is 14.6. The highest BCUT2D eigenvalue weighted by Gasteiger charge is 2.46. The Labute approximate surface area is 104 Å². The molecule has 0 aromatic rings. The van der Waals surface area contributed by atoms with Crippen molar-refractivity contribution in [3.05, 3.63) is 0 Å². The van der Waals surface area contributed by atoms with Crippen molar-refractivity contribution in [3.63, 3.8) is 0 Å². The second kappa shape index (κ2) is 5.36. The van der Waals surface area contributed by atoms with Crippen LogP contribution in [0, 0.1) is 11.3 Å². The Morgan fingerprint density at radius 3 is 2.41 bits per heavy atom. The summed E-state index contributed by atoms with van der Waals surface area (Å²) in [5.74, 6) is 0.592. The quantitative estimate of drug-likeness (QED) is 0.807. The second-order valence-electron chi connectivity index (χ2n) is 5.98. The molecule has 1 rings (SSSR count). The number of nitrogens with zero attached hydrogens (tertiary/aromatic N) is 1. The van der Waals surface area contributed by atoms with E-state index in [1.165, 1.54) is 0 Å². The van der Waals surface area contributed by atoms with Crippen LogP contribution < -0.4 is 5.73 Å². The fourth-order valence-corrected chi connectivity index (χ4v) is 2.16. The summed E-state index contributed by atoms with van der Waals surface area (Å²) < 4.78 is 5.36. The lowest BCUT2D eigenvalue weighted by Gasteiger charge is -2.36. The number of ether oxygens (including phenoxy) is 1. The second-order valence-corrected chi connectivity index (χ2v) is 5.98. The van der Waals surface area contributed by atoms with Gasteiger partial charge >= 0.3 is 0 Å². The maximum absolute atomic E-state index is 12.6. The lowest BCUT2D eigenvalue weighted by atomic mass is 9.83. The monoisotopic (exact) mass is 242 g/mol. The number of hydrogen-bond acceptors (Lipinski definition) is 3. The Morgan fingerprint density at radius 2 is 2.06 bits per heavy atom. The van der Waals surface area contributed by atoms with E-state index in [0.29, 0.717) is 19.1 Å². The molecule has 0 saturated carbocycles. The van der Waals surface area contributed by atoms with Crippen molar-refractivity contribution in [2.45, 2.75) is 46.7 Å². The van der Waals surface area contributed by atoms with Crippen molar-refractivity contribution >= 4 is 5.91 Å². The Kier molecular flexibility index (Phi) is 4.55. The Hall–Kier alpha value is -0.610. The van der Waals surface area contributed by atoms with Crippen LogP contribution in [-0.4, -0.2) is 42.6 Å². The zero-order valence-electron chi connectivity index (χ0n) is 11.7. The van der Waals surface area contributed by atoms with Gasteiger partial charge in [0.2, 0.25) is 5.91 Å². The molecule has 4 heteroatoms. The maximum Gasteiger partial charge on any atom is 0.232 e. The van der Waals surface area contributed by atoms with Crippen LogP contribution in [-0.2, 0) is 9.53 Å². The first kappa shape index (κ1) is 14.5. The van der Waals surface area contributed by atoms with Crippen LogP contribution in [0.5, 0.6) is 0 Å². The summed E-state index contributed by atoms with van der Waals surface area (Å²) in [5, 5.41) is 0. The van der Waals surface area contributed by atoms with Gasteiger partial charge in [-0.1, -0.05) is 13.8 Å². The predicted molar refractivity (Wildman–Crippen MR) is 68.6 cm³/mol. The van der Waals surface area contributed by atoms with Gasteiger partial charge in [-0.25, -0.2) is 0 Å². The van der Waals surface area contributed by atoms with Gasteiger partial charge in [-0.2, -0.15) is 0 Å². The Balaban J connectivity index is 2.84. The minimum atomic E-state index is -0.556. The number of rotatable bonds is 4. The van der Waals surface area contributed by atoms with Gasteiger partial charge in [0.1, 0.15) is 0 Å². The van der Waals surface area contributed by atoms with Gasteiger partial charge in [-0.3, -0.25) is 4.79 Å². The molecule has 100 valence electrons. The highest BCUT2D eigenvalue weighted by atomic mass is 16.5. The summed E-state index contributed by atoms with van der Waals surface area (Å²) in [6.45, 7) is 12.0. The molecule has 0 spiro atoms. The minimum Gasteiger partial charge on any atom is -0.379 e. The van der Waals surface area contributed by atoms with Gasteiger partial charge in [0.05, 0.1) is 18.6 Å². The van der Waals surface area contributed by atoms with Crippen LogP contribution in [0.3, 0.4) is 0 Å². The first-order chi connectivity index (χ1) is 7.79. The van der Waals surface area contributed by atoms with Gasteiger partial charge in [0.15, 0.2) is 0 Å². The third-order valence-electron chi connectivity index (χ3n) is 3.45. The molecule has 17 heavy (non-hydrogen) atoms. The van der Waals surface area contributed by atoms with Crippen LogP contribution in [0.2, 0.25) is 0 Å². The zero-order valence-corrected chi connectivity index (χ0v) is 11.7. The van der Waals surface area contributed by atoms with Crippen LogP contribution >= 0.6 is 0 Å². The fraction of sp³-hybridized carbons (Fsp3) is 0.923. The van der Waals surface area contributed by atoms with E-state index in [1.807, 2.05) is 25.7 Å². The topological polar surface area (TPSA) is 55.6 Å². The highest BCUT2D eigenvalue weighted by Crippen LogP contribution is 2.30. The highest BCUT2D eigenvalue weighted by molar-refractivity contribution is 5.84. The van der Waals surface area contributed by atoms with E-state index < -0.39 is 5.41 Å². The minimum absolute atomic E-state index is 0.131. The molecule has 1 fully saturated rings. The van der Waals surface area contributed by atoms with E-state index in [4.69, 9.17) is 10.5 Å². The van der Waals surface area contributed by atoms with Crippen molar-refractivity contribution in [2.24, 2.45) is 17.1 Å². The third kappa shape index (κ3) is 2.99. The molecule has 2 N–H and O–H groups in total. The molecule has 0 aliphatic carbocycles. The number of carbonyl (C=O) groups is 1. The first-order valence-corrected chi connectivity index (χ1v) is 6.43. The number of hydrogen-bond donors (Lipinski definition) is 1. The number of amides is 1. The molecular weight excluding hydrogens is 216 g/mol. The zero-order chi connectivity index (χ0) is 13.2. The summed E-state index contributed by atoms with van der Waals surface area (Å²) in [6.07, 6.45) is 0. The summed E-state index contributed by atoms with van der Waals surface area (Å²) >= 11 is 0. The van der Waals surface area contributed by atoms with Crippen molar-refractivity contribution in [3.8, 4) is 0 Å². The van der Waals surface area contributed by atoms with Gasteiger partial charge in [-0.15, -0.1) is 0 Å². The molecule has 0 aromatic carbocycles. The lowest BCUT2D eigenvalue weighted by Crippen LogP contribution is -2.54. The molecule has 4 nitrogen and oxygen atoms in total. The van der Waals surface area contributed by atoms with Crippen molar-refractivity contribution in [1.29, 1.82) is 0 Å². The molecule has 1 amide bonds. The first-order valence-electron chi connectivity index (χ1n) is 6.43. The predicted octanol–water partition coefficient (Wildman–Crippen LogP) is 1.24. The van der Waals surface area contributed by atoms with Gasteiger partial charge in [0, 0.05) is 18.6 Å². The average molecular weight is 242 g/mol. The van der Waals surface area contributed by atoms with Crippen molar-refractivity contribution < 1.29 is 9.53 Å². The number of carbonyl (C=O) groups excluding carboxylic acids is 1. The van der Waals surface area contributed by atoms with E-state index >= 15 is 0 Å². The fourth-order valence-electron chi connectivity index (χ4n) is 2.16. The van der Waals surface area contributed by atoms with E-state index in [1.54, 1.807) is 0 Å². The molecule has 0 radical (unpaired) electrons. The largest absolute Gasteiger partial charge is 0.379 e. The smallest absolute Gasteiger partial charge is 0.232 e. The van der Waals surface area contributed by atoms with Gasteiger partial charge in [0.25, 0.3) is 0 Å². The standard InChI is InChI=1S/C13H26N2O2/c1-9(2)6-15(10(3)4)12(16)13(5)8-17-7-11(13)14/h9-11H,6-8,14H2,1-5H3. The van der Waals surface area contributed by atoms with E-state index in [9.17, 15) is 4.79 Å². The van der Waals surface area contributed by atoms with Gasteiger partial charge in [-0.05, 0) is 26.7 Å². The molecule has 1 saturated heterocycles. The van der Waals surface area contributed by atoms with Crippen LogP contribution in [0.1, 0.15) is 34.6 Å². The summed E-state index contributed by atoms with van der Waals surface area (Å²) in [6, 6.07) is 0.0120. The summed E-state index contributed by atoms with van der Waals surface area (Å²) in [7, 11) is 0. The Bertz CT molecular complexity index is 279. The van der Waals surface area contributed by atoms with Crippen molar-refractivity contribution in [2.75, 3.05) is 19.8 Å². The van der Waals surface area contributed by atoms with E-state index in [2.05, 4.69) is 13.8 Å². The molecule has 1 heterocycles. The third-order valence-corrected chi connectivity index (χ3v) is 3.45. The van der Waals surface area contributed by atoms with Crippen molar-refractivity contribution in [1.82, 2.24) is 4.90 Å². The molecular formula is C13H26N2O2. The molecule has 2 unspecified atom stereocenters. The maximum atomic E-state index is 12.6. The number of nitrogens with two attached hydrogens (primary N) is 1. The summed E-state index contributed by atoms with van der Waals surface area (Å²) in [5.41, 5.74) is 5.45.